The zero-order valence-corrected chi connectivity index (χ0v) is 8.19. The summed E-state index contributed by atoms with van der Waals surface area (Å²) in [4.78, 5) is 0. The Labute approximate surface area is 82.9 Å². The van der Waals surface area contributed by atoms with Crippen LogP contribution in [0.15, 0.2) is 18.2 Å². The molecule has 1 aromatic rings. The van der Waals surface area contributed by atoms with Crippen LogP contribution in [0, 0.1) is 11.3 Å². The standard InChI is InChI=1S/C10H12N2O2/c1-12(13)7-8-3-4-10(14-2)9(5-8)6-11/h3-5,13H,7H2,1-2H3. The third-order valence-corrected chi connectivity index (χ3v) is 1.80. The maximum atomic E-state index is 9.02. The molecule has 1 N–H and O–H groups in total. The van der Waals surface area contributed by atoms with Crippen molar-refractivity contribution in [3.05, 3.63) is 29.3 Å². The van der Waals surface area contributed by atoms with Crippen LogP contribution in [-0.2, 0) is 6.54 Å². The fourth-order valence-electron chi connectivity index (χ4n) is 1.21. The zero-order chi connectivity index (χ0) is 10.6. The van der Waals surface area contributed by atoms with E-state index in [1.54, 1.807) is 19.2 Å². The zero-order valence-electron chi connectivity index (χ0n) is 8.19. The molecule has 0 amide bonds. The highest BCUT2D eigenvalue weighted by atomic mass is 16.5. The maximum Gasteiger partial charge on any atom is 0.136 e. The molecular weight excluding hydrogens is 180 g/mol. The van der Waals surface area contributed by atoms with E-state index in [1.807, 2.05) is 12.1 Å². The number of hydrogen-bond acceptors (Lipinski definition) is 4. The van der Waals surface area contributed by atoms with Gasteiger partial charge in [-0.05, 0) is 17.7 Å². The lowest BCUT2D eigenvalue weighted by molar-refractivity contribution is -0.0731. The molecule has 0 saturated heterocycles. The molecule has 0 atom stereocenters. The highest BCUT2D eigenvalue weighted by Crippen LogP contribution is 2.19. The summed E-state index contributed by atoms with van der Waals surface area (Å²) >= 11 is 0. The first kappa shape index (κ1) is 10.5. The van der Waals surface area contributed by atoms with Crippen LogP contribution >= 0.6 is 0 Å². The fourth-order valence-corrected chi connectivity index (χ4v) is 1.21. The lowest BCUT2D eigenvalue weighted by Gasteiger charge is -2.09. The number of rotatable bonds is 3. The largest absolute Gasteiger partial charge is 0.495 e. The third kappa shape index (κ3) is 2.46. The average Bonchev–Trinajstić information content (AvgIpc) is 2.16. The Morgan fingerprint density at radius 3 is 2.79 bits per heavy atom. The second kappa shape index (κ2) is 4.61. The average molecular weight is 192 g/mol. The van der Waals surface area contributed by atoms with Gasteiger partial charge in [-0.2, -0.15) is 10.3 Å². The van der Waals surface area contributed by atoms with Gasteiger partial charge in [0.1, 0.15) is 11.8 Å². The summed E-state index contributed by atoms with van der Waals surface area (Å²) in [7, 11) is 3.07. The van der Waals surface area contributed by atoms with Gasteiger partial charge in [0.2, 0.25) is 0 Å². The normalized spacial score (nSPS) is 9.93. The Bertz CT molecular complexity index is 356. The van der Waals surface area contributed by atoms with E-state index in [1.165, 1.54) is 7.11 Å². The highest BCUT2D eigenvalue weighted by Gasteiger charge is 2.04. The van der Waals surface area contributed by atoms with Gasteiger partial charge < -0.3 is 9.94 Å². The molecule has 0 aromatic heterocycles. The predicted molar refractivity (Wildman–Crippen MR) is 51.0 cm³/mol. The lowest BCUT2D eigenvalue weighted by atomic mass is 10.1. The van der Waals surface area contributed by atoms with Crippen molar-refractivity contribution in [2.45, 2.75) is 6.54 Å². The third-order valence-electron chi connectivity index (χ3n) is 1.80. The smallest absolute Gasteiger partial charge is 0.136 e. The van der Waals surface area contributed by atoms with Crippen molar-refractivity contribution >= 4 is 0 Å². The maximum absolute atomic E-state index is 9.02. The molecule has 14 heavy (non-hydrogen) atoms. The van der Waals surface area contributed by atoms with Crippen molar-refractivity contribution in [1.29, 1.82) is 5.26 Å². The van der Waals surface area contributed by atoms with Crippen molar-refractivity contribution < 1.29 is 9.94 Å². The molecule has 0 aliphatic heterocycles. The Morgan fingerprint density at radius 2 is 2.29 bits per heavy atom. The number of hydrogen-bond donors (Lipinski definition) is 1. The van der Waals surface area contributed by atoms with Gasteiger partial charge in [-0.1, -0.05) is 6.07 Å². The molecule has 74 valence electrons. The summed E-state index contributed by atoms with van der Waals surface area (Å²) in [5.74, 6) is 0.553. The topological polar surface area (TPSA) is 56.5 Å². The Morgan fingerprint density at radius 1 is 1.57 bits per heavy atom. The monoisotopic (exact) mass is 192 g/mol. The van der Waals surface area contributed by atoms with Crippen LogP contribution in [0.25, 0.3) is 0 Å². The van der Waals surface area contributed by atoms with Crippen LogP contribution in [0.4, 0.5) is 0 Å². The molecule has 0 spiro atoms. The summed E-state index contributed by atoms with van der Waals surface area (Å²) in [6.07, 6.45) is 0. The van der Waals surface area contributed by atoms with E-state index in [4.69, 9.17) is 15.2 Å². The van der Waals surface area contributed by atoms with Crippen LogP contribution in [0.1, 0.15) is 11.1 Å². The molecule has 0 fully saturated rings. The lowest BCUT2D eigenvalue weighted by Crippen LogP contribution is -2.11. The van der Waals surface area contributed by atoms with Crippen molar-refractivity contribution in [1.82, 2.24) is 5.06 Å². The van der Waals surface area contributed by atoms with E-state index in [9.17, 15) is 0 Å². The van der Waals surface area contributed by atoms with Gasteiger partial charge in [0.25, 0.3) is 0 Å². The van der Waals surface area contributed by atoms with Gasteiger partial charge in [-0.15, -0.1) is 0 Å². The Balaban J connectivity index is 2.97. The minimum absolute atomic E-state index is 0.388. The first-order valence-electron chi connectivity index (χ1n) is 4.14. The molecule has 0 radical (unpaired) electrons. The highest BCUT2D eigenvalue weighted by molar-refractivity contribution is 5.45. The van der Waals surface area contributed by atoms with E-state index in [0.29, 0.717) is 17.9 Å². The number of benzene rings is 1. The molecule has 0 saturated carbocycles. The summed E-state index contributed by atoms with van der Waals surface area (Å²) < 4.78 is 5.00. The molecule has 0 unspecified atom stereocenters. The van der Waals surface area contributed by atoms with Gasteiger partial charge in [-0.25, -0.2) is 0 Å². The Kier molecular flexibility index (Phi) is 3.46. The minimum atomic E-state index is 0.388. The molecule has 0 heterocycles. The number of nitrogens with zero attached hydrogens (tertiary/aromatic N) is 2. The fraction of sp³-hybridized carbons (Fsp3) is 0.300. The SMILES string of the molecule is COc1ccc(CN(C)O)cc1C#N. The van der Waals surface area contributed by atoms with Crippen molar-refractivity contribution in [2.75, 3.05) is 14.2 Å². The van der Waals surface area contributed by atoms with Crippen molar-refractivity contribution in [2.24, 2.45) is 0 Å². The molecular formula is C10H12N2O2. The van der Waals surface area contributed by atoms with E-state index in [2.05, 4.69) is 0 Å². The van der Waals surface area contributed by atoms with Gasteiger partial charge in [-0.3, -0.25) is 0 Å². The number of hydroxylamine groups is 2. The number of methoxy groups -OCH3 is 1. The molecule has 1 rings (SSSR count). The summed E-state index contributed by atoms with van der Waals surface area (Å²) in [5.41, 5.74) is 1.35. The van der Waals surface area contributed by atoms with Crippen LogP contribution < -0.4 is 4.74 Å². The van der Waals surface area contributed by atoms with Crippen LogP contribution in [-0.4, -0.2) is 24.4 Å². The van der Waals surface area contributed by atoms with Gasteiger partial charge in [0, 0.05) is 13.6 Å². The quantitative estimate of drug-likeness (QED) is 0.735. The van der Waals surface area contributed by atoms with Crippen molar-refractivity contribution in [3.63, 3.8) is 0 Å². The van der Waals surface area contributed by atoms with E-state index in [0.717, 1.165) is 10.6 Å². The molecule has 0 aliphatic rings. The van der Waals surface area contributed by atoms with E-state index >= 15 is 0 Å². The van der Waals surface area contributed by atoms with E-state index in [-0.39, 0.29) is 0 Å². The summed E-state index contributed by atoms with van der Waals surface area (Å²) in [5, 5.41) is 18.9. The van der Waals surface area contributed by atoms with Crippen LogP contribution in [0.2, 0.25) is 0 Å². The van der Waals surface area contributed by atoms with E-state index < -0.39 is 0 Å². The first-order valence-corrected chi connectivity index (χ1v) is 4.14. The molecule has 4 heteroatoms. The van der Waals surface area contributed by atoms with Crippen LogP contribution in [0.3, 0.4) is 0 Å². The molecule has 0 aliphatic carbocycles. The predicted octanol–water partition coefficient (Wildman–Crippen LogP) is 1.39. The van der Waals surface area contributed by atoms with Crippen molar-refractivity contribution in [3.8, 4) is 11.8 Å². The number of nitriles is 1. The number of ether oxygens (including phenoxy) is 1. The molecule has 0 bridgehead atoms. The van der Waals surface area contributed by atoms with Gasteiger partial charge in [0.15, 0.2) is 0 Å². The first-order chi connectivity index (χ1) is 6.67. The molecule has 4 nitrogen and oxygen atoms in total. The minimum Gasteiger partial charge on any atom is -0.495 e. The van der Waals surface area contributed by atoms with Gasteiger partial charge >= 0.3 is 0 Å². The molecule has 1 aromatic carbocycles. The second-order valence-corrected chi connectivity index (χ2v) is 2.96. The second-order valence-electron chi connectivity index (χ2n) is 2.96. The summed E-state index contributed by atoms with van der Waals surface area (Å²) in [6, 6.07) is 7.27. The Hall–Kier alpha value is -1.57. The van der Waals surface area contributed by atoms with Gasteiger partial charge in [0.05, 0.1) is 12.7 Å². The summed E-state index contributed by atoms with van der Waals surface area (Å²) in [6.45, 7) is 0.388. The van der Waals surface area contributed by atoms with Crippen LogP contribution in [0.5, 0.6) is 5.75 Å².